The molecule has 0 atom stereocenters. The number of nitrogen functional groups attached to an aromatic ring is 1. The Hall–Kier alpha value is -2.21. The number of carbonyl (C=O) groups is 1. The summed E-state index contributed by atoms with van der Waals surface area (Å²) >= 11 is 5.90. The fourth-order valence-electron chi connectivity index (χ4n) is 1.64. The molecule has 3 nitrogen and oxygen atoms in total. The van der Waals surface area contributed by atoms with E-state index in [0.717, 1.165) is 24.3 Å². The second kappa shape index (κ2) is 5.65. The van der Waals surface area contributed by atoms with Crippen molar-refractivity contribution in [2.45, 2.75) is 6.18 Å². The van der Waals surface area contributed by atoms with Crippen LogP contribution in [0.1, 0.15) is 15.9 Å². The van der Waals surface area contributed by atoms with Crippen molar-refractivity contribution in [2.75, 3.05) is 11.1 Å². The maximum absolute atomic E-state index is 12.4. The van der Waals surface area contributed by atoms with Crippen molar-refractivity contribution >= 4 is 28.9 Å². The minimum Gasteiger partial charge on any atom is -0.399 e. The predicted molar refractivity (Wildman–Crippen MR) is 75.3 cm³/mol. The summed E-state index contributed by atoms with van der Waals surface area (Å²) in [5.41, 5.74) is 5.57. The van der Waals surface area contributed by atoms with E-state index in [4.69, 9.17) is 17.3 Å². The zero-order valence-corrected chi connectivity index (χ0v) is 11.3. The van der Waals surface area contributed by atoms with E-state index in [1.54, 1.807) is 6.07 Å². The number of alkyl halides is 3. The highest BCUT2D eigenvalue weighted by atomic mass is 35.5. The third kappa shape index (κ3) is 3.66. The monoisotopic (exact) mass is 314 g/mol. The Labute approximate surface area is 123 Å². The van der Waals surface area contributed by atoms with Crippen molar-refractivity contribution in [1.29, 1.82) is 0 Å². The van der Waals surface area contributed by atoms with Crippen molar-refractivity contribution < 1.29 is 18.0 Å². The molecule has 1 amide bonds. The van der Waals surface area contributed by atoms with Gasteiger partial charge in [-0.3, -0.25) is 4.79 Å². The first kappa shape index (κ1) is 15.2. The number of hydrogen-bond acceptors (Lipinski definition) is 2. The van der Waals surface area contributed by atoms with Crippen molar-refractivity contribution in [2.24, 2.45) is 0 Å². The summed E-state index contributed by atoms with van der Waals surface area (Å²) in [5, 5.41) is 2.75. The Morgan fingerprint density at radius 1 is 1.10 bits per heavy atom. The average Bonchev–Trinajstić information content (AvgIpc) is 2.41. The standard InChI is InChI=1S/C14H10ClF3N2O/c15-11-7-10(19)5-6-12(11)20-13(21)8-1-3-9(4-2-8)14(16,17)18/h1-7H,19H2,(H,20,21). The summed E-state index contributed by atoms with van der Waals surface area (Å²) in [6.07, 6.45) is -4.44. The van der Waals surface area contributed by atoms with Crippen LogP contribution in [0.2, 0.25) is 5.02 Å². The Bertz CT molecular complexity index is 669. The van der Waals surface area contributed by atoms with Crippen LogP contribution < -0.4 is 11.1 Å². The van der Waals surface area contributed by atoms with Gasteiger partial charge < -0.3 is 11.1 Å². The van der Waals surface area contributed by atoms with Crippen LogP contribution in [-0.4, -0.2) is 5.91 Å². The highest BCUT2D eigenvalue weighted by Crippen LogP contribution is 2.29. The maximum Gasteiger partial charge on any atom is 0.416 e. The SMILES string of the molecule is Nc1ccc(NC(=O)c2ccc(C(F)(F)F)cc2)c(Cl)c1. The molecule has 0 aliphatic heterocycles. The van der Waals surface area contributed by atoms with Crippen LogP contribution >= 0.6 is 11.6 Å². The van der Waals surface area contributed by atoms with Crippen LogP contribution in [-0.2, 0) is 6.18 Å². The smallest absolute Gasteiger partial charge is 0.399 e. The Balaban J connectivity index is 2.17. The lowest BCUT2D eigenvalue weighted by atomic mass is 10.1. The number of nitrogens with two attached hydrogens (primary N) is 1. The van der Waals surface area contributed by atoms with Gasteiger partial charge in [0.05, 0.1) is 16.3 Å². The molecule has 7 heteroatoms. The van der Waals surface area contributed by atoms with Crippen LogP contribution in [0.15, 0.2) is 42.5 Å². The summed E-state index contributed by atoms with van der Waals surface area (Å²) in [4.78, 5) is 11.9. The molecule has 0 unspecified atom stereocenters. The fourth-order valence-corrected chi connectivity index (χ4v) is 1.87. The molecule has 0 bridgehead atoms. The van der Waals surface area contributed by atoms with Gasteiger partial charge in [0.15, 0.2) is 0 Å². The molecule has 0 heterocycles. The van der Waals surface area contributed by atoms with E-state index in [0.29, 0.717) is 11.4 Å². The highest BCUT2D eigenvalue weighted by molar-refractivity contribution is 6.34. The maximum atomic E-state index is 12.4. The summed E-state index contributed by atoms with van der Waals surface area (Å²) in [7, 11) is 0. The number of carbonyl (C=O) groups excluding carboxylic acids is 1. The van der Waals surface area contributed by atoms with E-state index in [1.165, 1.54) is 12.1 Å². The molecule has 0 aliphatic rings. The number of halogens is 4. The molecule has 21 heavy (non-hydrogen) atoms. The van der Waals surface area contributed by atoms with Gasteiger partial charge in [0.25, 0.3) is 5.91 Å². The molecule has 0 radical (unpaired) electrons. The molecular formula is C14H10ClF3N2O. The number of hydrogen-bond donors (Lipinski definition) is 2. The molecule has 2 aromatic carbocycles. The van der Waals surface area contributed by atoms with Crippen LogP contribution in [0.4, 0.5) is 24.5 Å². The second-order valence-electron chi connectivity index (χ2n) is 4.27. The Morgan fingerprint density at radius 3 is 2.24 bits per heavy atom. The molecule has 0 fully saturated rings. The van der Waals surface area contributed by atoms with Gasteiger partial charge in [-0.2, -0.15) is 13.2 Å². The van der Waals surface area contributed by atoms with Crippen molar-refractivity contribution in [1.82, 2.24) is 0 Å². The largest absolute Gasteiger partial charge is 0.416 e. The third-order valence-electron chi connectivity index (χ3n) is 2.72. The van der Waals surface area contributed by atoms with Crippen LogP contribution in [0.5, 0.6) is 0 Å². The summed E-state index contributed by atoms with van der Waals surface area (Å²) in [6, 6.07) is 8.42. The molecule has 2 rings (SSSR count). The molecule has 2 aromatic rings. The van der Waals surface area contributed by atoms with Crippen molar-refractivity contribution in [3.63, 3.8) is 0 Å². The van der Waals surface area contributed by atoms with Gasteiger partial charge in [0.1, 0.15) is 0 Å². The lowest BCUT2D eigenvalue weighted by molar-refractivity contribution is -0.137. The molecule has 0 saturated heterocycles. The third-order valence-corrected chi connectivity index (χ3v) is 3.03. The molecule has 110 valence electrons. The number of rotatable bonds is 2. The Kier molecular flexibility index (Phi) is 4.09. The first-order valence-electron chi connectivity index (χ1n) is 5.81. The van der Waals surface area contributed by atoms with E-state index < -0.39 is 17.6 Å². The molecule has 3 N–H and O–H groups in total. The second-order valence-corrected chi connectivity index (χ2v) is 4.68. The molecule has 0 aliphatic carbocycles. The summed E-state index contributed by atoms with van der Waals surface area (Å²) < 4.78 is 37.3. The van der Waals surface area contributed by atoms with Gasteiger partial charge in [0, 0.05) is 11.3 Å². The van der Waals surface area contributed by atoms with Crippen LogP contribution in [0, 0.1) is 0 Å². The number of benzene rings is 2. The summed E-state index contributed by atoms with van der Waals surface area (Å²) in [5.74, 6) is -0.560. The lowest BCUT2D eigenvalue weighted by Crippen LogP contribution is -2.13. The number of anilines is 2. The first-order chi connectivity index (χ1) is 9.77. The molecule has 0 saturated carbocycles. The van der Waals surface area contributed by atoms with E-state index >= 15 is 0 Å². The van der Waals surface area contributed by atoms with Gasteiger partial charge in [-0.1, -0.05) is 11.6 Å². The van der Waals surface area contributed by atoms with Crippen LogP contribution in [0.25, 0.3) is 0 Å². The number of amides is 1. The minimum absolute atomic E-state index is 0.0934. The lowest BCUT2D eigenvalue weighted by Gasteiger charge is -2.09. The van der Waals surface area contributed by atoms with Gasteiger partial charge in [-0.15, -0.1) is 0 Å². The molecular weight excluding hydrogens is 305 g/mol. The van der Waals surface area contributed by atoms with Crippen LogP contribution in [0.3, 0.4) is 0 Å². The van der Waals surface area contributed by atoms with E-state index in [-0.39, 0.29) is 10.6 Å². The van der Waals surface area contributed by atoms with Gasteiger partial charge >= 0.3 is 6.18 Å². The zero-order valence-electron chi connectivity index (χ0n) is 10.5. The normalized spacial score (nSPS) is 11.2. The van der Waals surface area contributed by atoms with Crippen molar-refractivity contribution in [3.05, 3.63) is 58.6 Å². The first-order valence-corrected chi connectivity index (χ1v) is 6.19. The number of nitrogens with one attached hydrogen (secondary N) is 1. The van der Waals surface area contributed by atoms with E-state index in [9.17, 15) is 18.0 Å². The van der Waals surface area contributed by atoms with Gasteiger partial charge in [0.2, 0.25) is 0 Å². The fraction of sp³-hybridized carbons (Fsp3) is 0.0714. The molecule has 0 aromatic heterocycles. The van der Waals surface area contributed by atoms with Gasteiger partial charge in [-0.25, -0.2) is 0 Å². The zero-order chi connectivity index (χ0) is 15.6. The van der Waals surface area contributed by atoms with E-state index in [2.05, 4.69) is 5.32 Å². The van der Waals surface area contributed by atoms with Crippen molar-refractivity contribution in [3.8, 4) is 0 Å². The molecule has 0 spiro atoms. The topological polar surface area (TPSA) is 55.1 Å². The average molecular weight is 315 g/mol. The Morgan fingerprint density at radius 2 is 1.71 bits per heavy atom. The summed E-state index contributed by atoms with van der Waals surface area (Å²) in [6.45, 7) is 0. The quantitative estimate of drug-likeness (QED) is 0.816. The van der Waals surface area contributed by atoms with E-state index in [1.807, 2.05) is 0 Å². The highest BCUT2D eigenvalue weighted by Gasteiger charge is 2.30. The predicted octanol–water partition coefficient (Wildman–Crippen LogP) is 4.19. The van der Waals surface area contributed by atoms with Gasteiger partial charge in [-0.05, 0) is 42.5 Å². The minimum atomic E-state index is -4.44.